The lowest BCUT2D eigenvalue weighted by Gasteiger charge is -2.22. The van der Waals surface area contributed by atoms with Crippen LogP contribution in [0.15, 0.2) is 57.9 Å². The summed E-state index contributed by atoms with van der Waals surface area (Å²) in [5, 5.41) is 2.36. The fourth-order valence-corrected chi connectivity index (χ4v) is 3.28. The minimum absolute atomic E-state index is 0.0381. The summed E-state index contributed by atoms with van der Waals surface area (Å²) in [6, 6.07) is 10.5. The lowest BCUT2D eigenvalue weighted by molar-refractivity contribution is 0.0959. The lowest BCUT2D eigenvalue weighted by Crippen LogP contribution is -2.29. The molecule has 0 saturated heterocycles. The average Bonchev–Trinajstić information content (AvgIpc) is 3.17. The minimum Gasteiger partial charge on any atom is -0.469 e. The van der Waals surface area contributed by atoms with E-state index in [1.54, 1.807) is 18.2 Å². The number of carbonyl (C=O) groups is 2. The van der Waals surface area contributed by atoms with E-state index in [9.17, 15) is 18.8 Å². The zero-order valence-electron chi connectivity index (χ0n) is 14.1. The van der Waals surface area contributed by atoms with E-state index >= 15 is 0 Å². The van der Waals surface area contributed by atoms with Gasteiger partial charge in [-0.05, 0) is 36.8 Å². The van der Waals surface area contributed by atoms with Gasteiger partial charge >= 0.3 is 0 Å². The highest BCUT2D eigenvalue weighted by molar-refractivity contribution is 6.06. The highest BCUT2D eigenvalue weighted by atomic mass is 19.1. The van der Waals surface area contributed by atoms with Gasteiger partial charge in [0, 0.05) is 23.6 Å². The van der Waals surface area contributed by atoms with Gasteiger partial charge < -0.3 is 14.7 Å². The van der Waals surface area contributed by atoms with E-state index in [1.165, 1.54) is 30.5 Å². The Morgan fingerprint density at radius 3 is 2.70 bits per heavy atom. The third-order valence-electron chi connectivity index (χ3n) is 4.62. The molecule has 2 heterocycles. The van der Waals surface area contributed by atoms with E-state index in [1.807, 2.05) is 0 Å². The summed E-state index contributed by atoms with van der Waals surface area (Å²) in [7, 11) is 0. The second-order valence-electron chi connectivity index (χ2n) is 6.38. The number of carbonyl (C=O) groups excluding carboxylic acids is 2. The number of aromatic amines is 1. The second kappa shape index (κ2) is 6.68. The van der Waals surface area contributed by atoms with Gasteiger partial charge in [0.25, 0.3) is 11.5 Å². The number of hydrogen-bond donors (Lipinski definition) is 2. The number of H-pyrrole nitrogens is 1. The van der Waals surface area contributed by atoms with Crippen LogP contribution in [0.4, 0.5) is 10.1 Å². The van der Waals surface area contributed by atoms with Crippen molar-refractivity contribution < 1.29 is 18.4 Å². The van der Waals surface area contributed by atoms with Gasteiger partial charge in [-0.3, -0.25) is 14.4 Å². The lowest BCUT2D eigenvalue weighted by atomic mass is 9.84. The highest BCUT2D eigenvalue weighted by Gasteiger charge is 2.30. The third kappa shape index (κ3) is 3.19. The van der Waals surface area contributed by atoms with Gasteiger partial charge in [-0.2, -0.15) is 0 Å². The van der Waals surface area contributed by atoms with E-state index < -0.39 is 17.3 Å². The molecule has 2 N–H and O–H groups in total. The van der Waals surface area contributed by atoms with E-state index in [0.29, 0.717) is 23.4 Å². The normalized spacial score (nSPS) is 16.0. The van der Waals surface area contributed by atoms with Crippen LogP contribution in [0.5, 0.6) is 0 Å². The number of halogens is 1. The van der Waals surface area contributed by atoms with Crippen LogP contribution in [0.25, 0.3) is 0 Å². The number of anilines is 1. The second-order valence-corrected chi connectivity index (χ2v) is 6.38. The maximum Gasteiger partial charge on any atom is 0.261 e. The Morgan fingerprint density at radius 1 is 1.15 bits per heavy atom. The summed E-state index contributed by atoms with van der Waals surface area (Å²) in [5.74, 6) is -1.05. The number of furan rings is 1. The van der Waals surface area contributed by atoms with E-state index in [2.05, 4.69) is 10.3 Å². The molecule has 0 fully saturated rings. The van der Waals surface area contributed by atoms with Crippen molar-refractivity contribution in [3.8, 4) is 0 Å². The minimum atomic E-state index is -0.773. The Morgan fingerprint density at radius 2 is 1.96 bits per heavy atom. The topological polar surface area (TPSA) is 92.2 Å². The van der Waals surface area contributed by atoms with Gasteiger partial charge in [0.05, 0.1) is 12.0 Å². The molecule has 0 unspecified atom stereocenters. The molecule has 0 saturated carbocycles. The molecule has 1 aromatic carbocycles. The largest absolute Gasteiger partial charge is 0.469 e. The van der Waals surface area contributed by atoms with Crippen molar-refractivity contribution in [2.45, 2.75) is 18.8 Å². The predicted octanol–water partition coefficient (Wildman–Crippen LogP) is 3.27. The molecule has 0 spiro atoms. The number of para-hydroxylation sites is 1. The summed E-state index contributed by atoms with van der Waals surface area (Å²) in [4.78, 5) is 39.9. The van der Waals surface area contributed by atoms with Crippen LogP contribution in [0.3, 0.4) is 0 Å². The van der Waals surface area contributed by atoms with Crippen molar-refractivity contribution in [2.24, 2.45) is 0 Å². The SMILES string of the molecule is O=C1C[C@H](c2ccco2)Cc2[nH]c(=O)c(C(=O)Nc3ccccc3F)cc21. The summed E-state index contributed by atoms with van der Waals surface area (Å²) in [6.07, 6.45) is 2.19. The van der Waals surface area contributed by atoms with Crippen molar-refractivity contribution in [1.82, 2.24) is 4.98 Å². The van der Waals surface area contributed by atoms with Crippen LogP contribution in [-0.4, -0.2) is 16.7 Å². The van der Waals surface area contributed by atoms with Gasteiger partial charge in [0.2, 0.25) is 0 Å². The molecule has 4 rings (SSSR count). The molecule has 2 aromatic heterocycles. The van der Waals surface area contributed by atoms with Crippen LogP contribution >= 0.6 is 0 Å². The van der Waals surface area contributed by atoms with E-state index in [-0.39, 0.29) is 29.4 Å². The molecule has 0 radical (unpaired) electrons. The van der Waals surface area contributed by atoms with Gasteiger partial charge in [0.1, 0.15) is 17.1 Å². The average molecular weight is 366 g/mol. The van der Waals surface area contributed by atoms with Gasteiger partial charge in [-0.15, -0.1) is 0 Å². The van der Waals surface area contributed by atoms with Crippen LogP contribution < -0.4 is 10.9 Å². The highest BCUT2D eigenvalue weighted by Crippen LogP contribution is 2.31. The smallest absolute Gasteiger partial charge is 0.261 e. The Kier molecular flexibility index (Phi) is 4.19. The number of hydrogen-bond acceptors (Lipinski definition) is 4. The Bertz CT molecular complexity index is 1090. The Balaban J connectivity index is 1.65. The number of aromatic nitrogens is 1. The molecule has 1 atom stereocenters. The molecule has 1 amide bonds. The molecular weight excluding hydrogens is 351 g/mol. The molecule has 136 valence electrons. The number of benzene rings is 1. The number of ketones is 1. The predicted molar refractivity (Wildman–Crippen MR) is 95.5 cm³/mol. The summed E-state index contributed by atoms with van der Waals surface area (Å²) in [5.41, 5.74) is -0.128. The molecule has 0 aliphatic heterocycles. The van der Waals surface area contributed by atoms with Crippen molar-refractivity contribution in [1.29, 1.82) is 0 Å². The van der Waals surface area contributed by atoms with Gasteiger partial charge in [-0.1, -0.05) is 12.1 Å². The quantitative estimate of drug-likeness (QED) is 0.744. The molecule has 6 nitrogen and oxygen atoms in total. The van der Waals surface area contributed by atoms with Gasteiger partial charge in [-0.25, -0.2) is 4.39 Å². The number of pyridine rings is 1. The van der Waals surface area contributed by atoms with Crippen LogP contribution in [0.1, 0.15) is 44.5 Å². The monoisotopic (exact) mass is 366 g/mol. The first-order valence-corrected chi connectivity index (χ1v) is 8.41. The number of nitrogens with one attached hydrogen (secondary N) is 2. The molecular formula is C20H15FN2O4. The number of amides is 1. The first kappa shape index (κ1) is 17.0. The standard InChI is InChI=1S/C20H15FN2O4/c21-14-4-1-2-5-15(14)22-19(25)13-10-12-16(23-20(13)26)8-11(9-17(12)24)18-6-3-7-27-18/h1-7,10-11H,8-9H2,(H,22,25)(H,23,26)/t11-/m1/s1. The molecule has 7 heteroatoms. The van der Waals surface area contributed by atoms with Crippen LogP contribution in [0, 0.1) is 5.82 Å². The first-order valence-electron chi connectivity index (χ1n) is 8.41. The molecule has 27 heavy (non-hydrogen) atoms. The van der Waals surface area contributed by atoms with Crippen molar-refractivity contribution >= 4 is 17.4 Å². The van der Waals surface area contributed by atoms with Crippen molar-refractivity contribution in [3.63, 3.8) is 0 Å². The number of Topliss-reactive ketones (excluding diaryl/α,β-unsaturated/α-hetero) is 1. The van der Waals surface area contributed by atoms with E-state index in [0.717, 1.165) is 0 Å². The summed E-state index contributed by atoms with van der Waals surface area (Å²) >= 11 is 0. The number of fused-ring (bicyclic) bond motifs is 1. The van der Waals surface area contributed by atoms with Crippen molar-refractivity contribution in [2.75, 3.05) is 5.32 Å². The molecule has 3 aromatic rings. The first-order chi connectivity index (χ1) is 13.0. The van der Waals surface area contributed by atoms with Crippen LogP contribution in [0.2, 0.25) is 0 Å². The molecule has 1 aliphatic rings. The van der Waals surface area contributed by atoms with Gasteiger partial charge in [0.15, 0.2) is 5.78 Å². The third-order valence-corrected chi connectivity index (χ3v) is 4.62. The fourth-order valence-electron chi connectivity index (χ4n) is 3.28. The van der Waals surface area contributed by atoms with E-state index in [4.69, 9.17) is 4.42 Å². The Hall–Kier alpha value is -3.48. The molecule has 1 aliphatic carbocycles. The maximum absolute atomic E-state index is 13.7. The Labute approximate surface area is 153 Å². The van der Waals surface area contributed by atoms with Crippen molar-refractivity contribution in [3.05, 3.63) is 87.5 Å². The maximum atomic E-state index is 13.7. The molecule has 0 bridgehead atoms. The van der Waals surface area contributed by atoms with Crippen LogP contribution in [-0.2, 0) is 6.42 Å². The summed E-state index contributed by atoms with van der Waals surface area (Å²) in [6.45, 7) is 0. The summed E-state index contributed by atoms with van der Waals surface area (Å²) < 4.78 is 19.1. The fraction of sp³-hybridized carbons (Fsp3) is 0.150. The zero-order valence-corrected chi connectivity index (χ0v) is 14.1. The zero-order chi connectivity index (χ0) is 19.0. The number of rotatable bonds is 3.